The van der Waals surface area contributed by atoms with Crippen molar-refractivity contribution in [3.63, 3.8) is 0 Å². The lowest BCUT2D eigenvalue weighted by Gasteiger charge is -2.06. The van der Waals surface area contributed by atoms with Crippen LogP contribution in [-0.4, -0.2) is 5.11 Å². The van der Waals surface area contributed by atoms with E-state index in [2.05, 4.69) is 0 Å². The highest BCUT2D eigenvalue weighted by atomic mass is 35.5. The average Bonchev–Trinajstić information content (AvgIpc) is 2.40. The Hall–Kier alpha value is -2.40. The molecule has 0 aliphatic carbocycles. The molecule has 0 atom stereocenters. The van der Waals surface area contributed by atoms with E-state index in [0.29, 0.717) is 0 Å². The van der Waals surface area contributed by atoms with Crippen molar-refractivity contribution in [1.29, 1.82) is 0 Å². The number of rotatable bonds is 1. The third-order valence-electron chi connectivity index (χ3n) is 2.97. The number of phenols is 1. The van der Waals surface area contributed by atoms with Crippen LogP contribution in [0.3, 0.4) is 0 Å². The SMILES string of the molecule is O=c1cc(-c2ccc(F)cc2O)oc2c(Cl)cc(F)cc12. The molecule has 0 fully saturated rings. The van der Waals surface area contributed by atoms with E-state index in [-0.39, 0.29) is 33.1 Å². The molecule has 0 saturated heterocycles. The molecule has 1 heterocycles. The van der Waals surface area contributed by atoms with Crippen molar-refractivity contribution in [3.8, 4) is 17.1 Å². The lowest BCUT2D eigenvalue weighted by atomic mass is 10.1. The lowest BCUT2D eigenvalue weighted by molar-refractivity contribution is 0.468. The molecule has 106 valence electrons. The number of fused-ring (bicyclic) bond motifs is 1. The molecule has 3 aromatic rings. The second-order valence-corrected chi connectivity index (χ2v) is 4.81. The molecule has 6 heteroatoms. The van der Waals surface area contributed by atoms with Crippen LogP contribution >= 0.6 is 11.6 Å². The smallest absolute Gasteiger partial charge is 0.193 e. The Morgan fingerprint density at radius 3 is 2.52 bits per heavy atom. The molecule has 0 aliphatic heterocycles. The van der Waals surface area contributed by atoms with E-state index in [0.717, 1.165) is 30.3 Å². The first kappa shape index (κ1) is 13.6. The van der Waals surface area contributed by atoms with Crippen LogP contribution in [0.4, 0.5) is 8.78 Å². The first-order chi connectivity index (χ1) is 9.95. The minimum absolute atomic E-state index is 0.00397. The number of aromatic hydroxyl groups is 1. The lowest BCUT2D eigenvalue weighted by Crippen LogP contribution is -2.01. The molecule has 21 heavy (non-hydrogen) atoms. The highest BCUT2D eigenvalue weighted by molar-refractivity contribution is 6.34. The molecule has 3 rings (SSSR count). The summed E-state index contributed by atoms with van der Waals surface area (Å²) >= 11 is 5.86. The van der Waals surface area contributed by atoms with Crippen molar-refractivity contribution in [1.82, 2.24) is 0 Å². The fourth-order valence-electron chi connectivity index (χ4n) is 2.03. The summed E-state index contributed by atoms with van der Waals surface area (Å²) in [6, 6.07) is 6.40. The standard InChI is InChI=1S/C15H7ClF2O3/c16-11-4-8(18)3-10-13(20)6-14(21-15(10)11)9-2-1-7(17)5-12(9)19/h1-6,19H. The number of halogens is 3. The van der Waals surface area contributed by atoms with Gasteiger partial charge in [0.05, 0.1) is 16.0 Å². The predicted octanol–water partition coefficient (Wildman–Crippen LogP) is 4.10. The van der Waals surface area contributed by atoms with Gasteiger partial charge in [0, 0.05) is 12.1 Å². The minimum atomic E-state index is -0.655. The van der Waals surface area contributed by atoms with E-state index in [1.807, 2.05) is 0 Å². The Kier molecular flexibility index (Phi) is 3.14. The van der Waals surface area contributed by atoms with E-state index in [1.54, 1.807) is 0 Å². The fourth-order valence-corrected chi connectivity index (χ4v) is 2.27. The zero-order valence-electron chi connectivity index (χ0n) is 10.4. The predicted molar refractivity (Wildman–Crippen MR) is 74.5 cm³/mol. The second kappa shape index (κ2) is 4.86. The summed E-state index contributed by atoms with van der Waals surface area (Å²) in [5.41, 5.74) is -0.378. The zero-order chi connectivity index (χ0) is 15.1. The van der Waals surface area contributed by atoms with E-state index in [4.69, 9.17) is 16.0 Å². The second-order valence-electron chi connectivity index (χ2n) is 4.40. The van der Waals surface area contributed by atoms with Gasteiger partial charge in [-0.3, -0.25) is 4.79 Å². The van der Waals surface area contributed by atoms with Crippen LogP contribution in [0.15, 0.2) is 45.6 Å². The van der Waals surface area contributed by atoms with Crippen molar-refractivity contribution in [2.45, 2.75) is 0 Å². The van der Waals surface area contributed by atoms with Gasteiger partial charge < -0.3 is 9.52 Å². The molecule has 3 nitrogen and oxygen atoms in total. The van der Waals surface area contributed by atoms with E-state index in [1.165, 1.54) is 6.07 Å². The Balaban J connectivity index is 2.33. The van der Waals surface area contributed by atoms with Gasteiger partial charge in [0.1, 0.15) is 23.1 Å². The Bertz CT molecular complexity index is 919. The third-order valence-corrected chi connectivity index (χ3v) is 3.25. The minimum Gasteiger partial charge on any atom is -0.507 e. The normalized spacial score (nSPS) is 11.0. The highest BCUT2D eigenvalue weighted by Crippen LogP contribution is 2.32. The first-order valence-corrected chi connectivity index (χ1v) is 6.25. The van der Waals surface area contributed by atoms with Gasteiger partial charge in [0.25, 0.3) is 0 Å². The van der Waals surface area contributed by atoms with Crippen molar-refractivity contribution in [2.24, 2.45) is 0 Å². The van der Waals surface area contributed by atoms with E-state index >= 15 is 0 Å². The van der Waals surface area contributed by atoms with Gasteiger partial charge in [-0.25, -0.2) is 8.78 Å². The molecule has 0 radical (unpaired) electrons. The molecule has 1 N–H and O–H groups in total. The molecular weight excluding hydrogens is 302 g/mol. The molecule has 0 amide bonds. The highest BCUT2D eigenvalue weighted by Gasteiger charge is 2.14. The van der Waals surface area contributed by atoms with Crippen LogP contribution in [0, 0.1) is 11.6 Å². The molecular formula is C15H7ClF2O3. The monoisotopic (exact) mass is 308 g/mol. The van der Waals surface area contributed by atoms with Gasteiger partial charge in [0.2, 0.25) is 0 Å². The third kappa shape index (κ3) is 2.36. The van der Waals surface area contributed by atoms with Gasteiger partial charge >= 0.3 is 0 Å². The van der Waals surface area contributed by atoms with Crippen LogP contribution in [0.2, 0.25) is 5.02 Å². The van der Waals surface area contributed by atoms with Crippen molar-refractivity contribution in [3.05, 3.63) is 63.3 Å². The van der Waals surface area contributed by atoms with E-state index < -0.39 is 17.1 Å². The maximum atomic E-state index is 13.3. The summed E-state index contributed by atoms with van der Waals surface area (Å²) in [6.45, 7) is 0. The molecule has 0 bridgehead atoms. The molecule has 1 aromatic heterocycles. The maximum absolute atomic E-state index is 13.3. The Morgan fingerprint density at radius 2 is 1.81 bits per heavy atom. The number of hydrogen-bond donors (Lipinski definition) is 1. The maximum Gasteiger partial charge on any atom is 0.193 e. The number of phenolic OH excluding ortho intramolecular Hbond substituents is 1. The van der Waals surface area contributed by atoms with Crippen LogP contribution in [-0.2, 0) is 0 Å². The average molecular weight is 309 g/mol. The van der Waals surface area contributed by atoms with Crippen LogP contribution < -0.4 is 5.43 Å². The van der Waals surface area contributed by atoms with Gasteiger partial charge in [0.15, 0.2) is 11.0 Å². The summed E-state index contributed by atoms with van der Waals surface area (Å²) in [7, 11) is 0. The zero-order valence-corrected chi connectivity index (χ0v) is 11.1. The Morgan fingerprint density at radius 1 is 1.05 bits per heavy atom. The van der Waals surface area contributed by atoms with Crippen LogP contribution in [0.1, 0.15) is 0 Å². The quantitative estimate of drug-likeness (QED) is 0.736. The van der Waals surface area contributed by atoms with Crippen molar-refractivity contribution >= 4 is 22.6 Å². The molecule has 0 spiro atoms. The van der Waals surface area contributed by atoms with Gasteiger partial charge in [-0.15, -0.1) is 0 Å². The largest absolute Gasteiger partial charge is 0.507 e. The van der Waals surface area contributed by atoms with Gasteiger partial charge in [-0.2, -0.15) is 0 Å². The van der Waals surface area contributed by atoms with Crippen LogP contribution in [0.5, 0.6) is 5.75 Å². The molecule has 2 aromatic carbocycles. The van der Waals surface area contributed by atoms with Crippen LogP contribution in [0.25, 0.3) is 22.3 Å². The topological polar surface area (TPSA) is 50.4 Å². The van der Waals surface area contributed by atoms with Crippen molar-refractivity contribution < 1.29 is 18.3 Å². The number of benzene rings is 2. The fraction of sp³-hybridized carbons (Fsp3) is 0. The summed E-state index contributed by atoms with van der Waals surface area (Å²) in [5.74, 6) is -1.65. The van der Waals surface area contributed by atoms with Crippen molar-refractivity contribution in [2.75, 3.05) is 0 Å². The summed E-state index contributed by atoms with van der Waals surface area (Å²) in [5, 5.41) is 9.65. The van der Waals surface area contributed by atoms with Gasteiger partial charge in [-0.05, 0) is 24.3 Å². The summed E-state index contributed by atoms with van der Waals surface area (Å²) in [4.78, 5) is 12.0. The molecule has 0 unspecified atom stereocenters. The molecule has 0 saturated carbocycles. The van der Waals surface area contributed by atoms with E-state index in [9.17, 15) is 18.7 Å². The first-order valence-electron chi connectivity index (χ1n) is 5.87. The Labute approximate surface area is 122 Å². The van der Waals surface area contributed by atoms with Gasteiger partial charge in [-0.1, -0.05) is 11.6 Å². The number of hydrogen-bond acceptors (Lipinski definition) is 3. The molecule has 0 aliphatic rings. The summed E-state index contributed by atoms with van der Waals surface area (Å²) in [6.07, 6.45) is 0. The summed E-state index contributed by atoms with van der Waals surface area (Å²) < 4.78 is 31.7.